The Morgan fingerprint density at radius 2 is 2.24 bits per heavy atom. The van der Waals surface area contributed by atoms with Crippen LogP contribution in [-0.4, -0.2) is 41.0 Å². The molecular weight excluding hydrogens is 292 g/mol. The topological polar surface area (TPSA) is 83.6 Å². The number of nitrogens with two attached hydrogens (primary N) is 1. The molecule has 110 valence electrons. The second-order valence-corrected chi connectivity index (χ2v) is 5.12. The summed E-state index contributed by atoms with van der Waals surface area (Å²) in [6.45, 7) is 0.251. The molecule has 0 aliphatic carbocycles. The van der Waals surface area contributed by atoms with E-state index in [1.807, 2.05) is 0 Å². The molecule has 0 bridgehead atoms. The van der Waals surface area contributed by atoms with Crippen LogP contribution in [-0.2, 0) is 4.79 Å². The maximum Gasteiger partial charge on any atom is 0.254 e. The van der Waals surface area contributed by atoms with Crippen molar-refractivity contribution in [3.05, 3.63) is 34.3 Å². The van der Waals surface area contributed by atoms with Gasteiger partial charge in [-0.2, -0.15) is 0 Å². The van der Waals surface area contributed by atoms with Crippen LogP contribution in [0.5, 0.6) is 0 Å². The third-order valence-electron chi connectivity index (χ3n) is 3.36. The largest absolute Gasteiger partial charge is 0.384 e. The van der Waals surface area contributed by atoms with Crippen LogP contribution >= 0.6 is 11.6 Å². The highest BCUT2D eigenvalue weighted by atomic mass is 35.5. The van der Waals surface area contributed by atoms with Crippen molar-refractivity contribution < 1.29 is 14.7 Å². The van der Waals surface area contributed by atoms with Gasteiger partial charge in [0.1, 0.15) is 12.6 Å². The van der Waals surface area contributed by atoms with E-state index in [4.69, 9.17) is 22.4 Å². The smallest absolute Gasteiger partial charge is 0.254 e. The first kappa shape index (κ1) is 15.4. The summed E-state index contributed by atoms with van der Waals surface area (Å²) in [5.74, 6) is 4.44. The van der Waals surface area contributed by atoms with Crippen molar-refractivity contribution in [1.29, 1.82) is 0 Å². The Morgan fingerprint density at radius 1 is 1.48 bits per heavy atom. The number of aliphatic hydroxyl groups is 1. The van der Waals surface area contributed by atoms with Crippen LogP contribution in [0.25, 0.3) is 0 Å². The lowest BCUT2D eigenvalue weighted by Gasteiger charge is -2.22. The first-order valence-corrected chi connectivity index (χ1v) is 6.92. The Bertz CT molecular complexity index is 634. The number of nitrogens with zero attached hydrogens (tertiary/aromatic N) is 1. The number of halogens is 1. The lowest BCUT2D eigenvalue weighted by Crippen LogP contribution is -2.43. The molecule has 1 fully saturated rings. The molecule has 1 aromatic rings. The molecular formula is C15H15ClN2O3. The molecule has 0 radical (unpaired) electrons. The fourth-order valence-electron chi connectivity index (χ4n) is 2.36. The van der Waals surface area contributed by atoms with Crippen LogP contribution in [0.4, 0.5) is 0 Å². The molecule has 6 heteroatoms. The Balaban J connectivity index is 2.24. The van der Waals surface area contributed by atoms with E-state index in [-0.39, 0.29) is 12.5 Å². The molecule has 0 saturated carbocycles. The lowest BCUT2D eigenvalue weighted by molar-refractivity contribution is -0.121. The molecule has 0 aromatic heterocycles. The van der Waals surface area contributed by atoms with Crippen LogP contribution in [0.2, 0.25) is 5.02 Å². The van der Waals surface area contributed by atoms with Crippen molar-refractivity contribution in [3.63, 3.8) is 0 Å². The van der Waals surface area contributed by atoms with Gasteiger partial charge in [0.15, 0.2) is 0 Å². The molecule has 3 N–H and O–H groups in total. The zero-order valence-electron chi connectivity index (χ0n) is 11.3. The highest BCUT2D eigenvalue weighted by molar-refractivity contribution is 6.32. The normalized spacial score (nSPS) is 17.2. The van der Waals surface area contributed by atoms with Crippen LogP contribution < -0.4 is 5.73 Å². The number of carbonyl (C=O) groups excluding carboxylic acids is 2. The van der Waals surface area contributed by atoms with Crippen molar-refractivity contribution in [2.75, 3.05) is 13.2 Å². The number of benzene rings is 1. The number of primary amides is 1. The average molecular weight is 307 g/mol. The number of hydrogen-bond donors (Lipinski definition) is 2. The molecule has 1 heterocycles. The second-order valence-electron chi connectivity index (χ2n) is 4.71. The van der Waals surface area contributed by atoms with Gasteiger partial charge in [-0.3, -0.25) is 9.59 Å². The predicted octanol–water partition coefficient (Wildman–Crippen LogP) is 0.774. The summed E-state index contributed by atoms with van der Waals surface area (Å²) in [4.78, 5) is 25.2. The van der Waals surface area contributed by atoms with Crippen LogP contribution in [0.3, 0.4) is 0 Å². The molecule has 2 rings (SSSR count). The Labute approximate surface area is 127 Å². The molecule has 1 saturated heterocycles. The molecule has 1 aromatic carbocycles. The van der Waals surface area contributed by atoms with E-state index in [0.29, 0.717) is 29.1 Å². The summed E-state index contributed by atoms with van der Waals surface area (Å²) in [5, 5.41) is 8.99. The zero-order chi connectivity index (χ0) is 15.4. The van der Waals surface area contributed by atoms with Crippen molar-refractivity contribution in [2.24, 2.45) is 5.73 Å². The van der Waals surface area contributed by atoms with Gasteiger partial charge in [-0.15, -0.1) is 0 Å². The van der Waals surface area contributed by atoms with E-state index in [2.05, 4.69) is 11.8 Å². The Hall–Kier alpha value is -2.03. The summed E-state index contributed by atoms with van der Waals surface area (Å²) in [7, 11) is 0. The molecule has 0 spiro atoms. The quantitative estimate of drug-likeness (QED) is 0.792. The summed E-state index contributed by atoms with van der Waals surface area (Å²) < 4.78 is 0. The van der Waals surface area contributed by atoms with Gasteiger partial charge < -0.3 is 15.7 Å². The number of hydrogen-bond acceptors (Lipinski definition) is 3. The SMILES string of the molecule is NC(=O)C1CCCN1C(=O)c1ccc(C#CCO)c(Cl)c1. The maximum atomic E-state index is 12.4. The van der Waals surface area contributed by atoms with Crippen molar-refractivity contribution in [2.45, 2.75) is 18.9 Å². The summed E-state index contributed by atoms with van der Waals surface area (Å²) in [6.07, 6.45) is 1.35. The standard InChI is InChI=1S/C15H15ClN2O3/c16-12-9-11(6-5-10(12)3-2-8-19)15(21)18-7-1-4-13(18)14(17)20/h5-6,9,13,19H,1,4,7-8H2,(H2,17,20). The van der Waals surface area contributed by atoms with Gasteiger partial charge in [0.25, 0.3) is 5.91 Å². The van der Waals surface area contributed by atoms with Crippen LogP contribution in [0, 0.1) is 11.8 Å². The molecule has 21 heavy (non-hydrogen) atoms. The summed E-state index contributed by atoms with van der Waals surface area (Å²) >= 11 is 6.07. The predicted molar refractivity (Wildman–Crippen MR) is 78.7 cm³/mol. The first-order valence-electron chi connectivity index (χ1n) is 6.54. The maximum absolute atomic E-state index is 12.4. The van der Waals surface area contributed by atoms with Gasteiger partial charge in [-0.05, 0) is 31.0 Å². The van der Waals surface area contributed by atoms with Crippen LogP contribution in [0.15, 0.2) is 18.2 Å². The van der Waals surface area contributed by atoms with E-state index >= 15 is 0 Å². The van der Waals surface area contributed by atoms with Gasteiger partial charge in [-0.1, -0.05) is 23.4 Å². The fraction of sp³-hybridized carbons (Fsp3) is 0.333. The number of aliphatic hydroxyl groups excluding tert-OH is 1. The van der Waals surface area contributed by atoms with Crippen molar-refractivity contribution in [3.8, 4) is 11.8 Å². The molecule has 2 amide bonds. The second kappa shape index (κ2) is 6.61. The molecule has 5 nitrogen and oxygen atoms in total. The Kier molecular flexibility index (Phi) is 4.84. The van der Waals surface area contributed by atoms with Gasteiger partial charge in [-0.25, -0.2) is 0 Å². The van der Waals surface area contributed by atoms with Gasteiger partial charge in [0, 0.05) is 17.7 Å². The van der Waals surface area contributed by atoms with E-state index in [1.54, 1.807) is 12.1 Å². The third-order valence-corrected chi connectivity index (χ3v) is 3.67. The molecule has 1 unspecified atom stereocenters. The van der Waals surface area contributed by atoms with Gasteiger partial charge >= 0.3 is 0 Å². The van der Waals surface area contributed by atoms with E-state index in [0.717, 1.165) is 6.42 Å². The van der Waals surface area contributed by atoms with E-state index in [9.17, 15) is 9.59 Å². The minimum absolute atomic E-state index is 0.259. The minimum atomic E-state index is -0.551. The molecule has 1 aliphatic heterocycles. The summed E-state index contributed by atoms with van der Waals surface area (Å²) in [6, 6.07) is 4.19. The van der Waals surface area contributed by atoms with E-state index in [1.165, 1.54) is 11.0 Å². The van der Waals surface area contributed by atoms with Crippen LogP contribution in [0.1, 0.15) is 28.8 Å². The third kappa shape index (κ3) is 3.35. The molecule has 1 atom stereocenters. The number of likely N-dealkylation sites (tertiary alicyclic amines) is 1. The van der Waals surface area contributed by atoms with Gasteiger partial charge in [0.2, 0.25) is 5.91 Å². The van der Waals surface area contributed by atoms with E-state index < -0.39 is 11.9 Å². The number of rotatable bonds is 2. The fourth-order valence-corrected chi connectivity index (χ4v) is 2.58. The average Bonchev–Trinajstić information content (AvgIpc) is 2.94. The highest BCUT2D eigenvalue weighted by Crippen LogP contribution is 2.23. The first-order chi connectivity index (χ1) is 10.0. The van der Waals surface area contributed by atoms with Gasteiger partial charge in [0.05, 0.1) is 5.02 Å². The minimum Gasteiger partial charge on any atom is -0.384 e. The number of carbonyl (C=O) groups is 2. The van der Waals surface area contributed by atoms with Crippen molar-refractivity contribution >= 4 is 23.4 Å². The Morgan fingerprint density at radius 3 is 2.86 bits per heavy atom. The monoisotopic (exact) mass is 306 g/mol. The highest BCUT2D eigenvalue weighted by Gasteiger charge is 2.33. The lowest BCUT2D eigenvalue weighted by atomic mass is 10.1. The van der Waals surface area contributed by atoms with Crippen molar-refractivity contribution in [1.82, 2.24) is 4.90 Å². The summed E-state index contributed by atoms with van der Waals surface area (Å²) in [5.41, 5.74) is 6.24. The zero-order valence-corrected chi connectivity index (χ0v) is 12.1. The number of amides is 2. The molecule has 1 aliphatic rings.